The van der Waals surface area contributed by atoms with Gasteiger partial charge in [-0.05, 0) is 51.6 Å². The van der Waals surface area contributed by atoms with Gasteiger partial charge in [0.05, 0.1) is 6.10 Å². The van der Waals surface area contributed by atoms with Gasteiger partial charge in [-0.1, -0.05) is 33.1 Å². The van der Waals surface area contributed by atoms with Crippen LogP contribution < -0.4 is 0 Å². The molecular formula is C15H31NO. The highest BCUT2D eigenvalue weighted by Crippen LogP contribution is 2.31. The fraction of sp³-hybridized carbons (Fsp3) is 1.00. The van der Waals surface area contributed by atoms with Crippen molar-refractivity contribution in [1.29, 1.82) is 0 Å². The standard InChI is InChI=1S/C15H31NO/c1-4-6-7-11-16(3)15-12-14(17)10-9-13(15)8-5-2/h13-15,17H,4-12H2,1-3H3. The Morgan fingerprint density at radius 3 is 2.53 bits per heavy atom. The Labute approximate surface area is 107 Å². The minimum atomic E-state index is -0.0540. The molecule has 0 aliphatic heterocycles. The molecule has 17 heavy (non-hydrogen) atoms. The largest absolute Gasteiger partial charge is 0.393 e. The zero-order chi connectivity index (χ0) is 12.7. The molecule has 1 fully saturated rings. The summed E-state index contributed by atoms with van der Waals surface area (Å²) in [6.07, 6.45) is 9.71. The van der Waals surface area contributed by atoms with Gasteiger partial charge in [-0.15, -0.1) is 0 Å². The number of aliphatic hydroxyl groups is 1. The Hall–Kier alpha value is -0.0800. The van der Waals surface area contributed by atoms with Crippen molar-refractivity contribution in [1.82, 2.24) is 4.90 Å². The molecule has 1 N–H and O–H groups in total. The summed E-state index contributed by atoms with van der Waals surface area (Å²) in [6, 6.07) is 0.621. The second kappa shape index (κ2) is 8.10. The predicted octanol–water partition coefficient (Wildman–Crippen LogP) is 3.44. The highest BCUT2D eigenvalue weighted by molar-refractivity contribution is 4.85. The van der Waals surface area contributed by atoms with Crippen LogP contribution in [0.25, 0.3) is 0 Å². The molecule has 0 bridgehead atoms. The molecule has 0 aromatic rings. The zero-order valence-electron chi connectivity index (χ0n) is 12.0. The lowest BCUT2D eigenvalue weighted by molar-refractivity contribution is 0.0341. The molecule has 1 saturated carbocycles. The SMILES string of the molecule is CCCCCN(C)C1CC(O)CCC1CCC. The van der Waals surface area contributed by atoms with Crippen molar-refractivity contribution in [3.05, 3.63) is 0 Å². The molecule has 0 saturated heterocycles. The summed E-state index contributed by atoms with van der Waals surface area (Å²) in [5.74, 6) is 0.815. The molecule has 0 amide bonds. The van der Waals surface area contributed by atoms with Crippen molar-refractivity contribution in [2.75, 3.05) is 13.6 Å². The first-order valence-corrected chi connectivity index (χ1v) is 7.57. The van der Waals surface area contributed by atoms with E-state index in [1.165, 1.54) is 45.1 Å². The molecule has 3 unspecified atom stereocenters. The van der Waals surface area contributed by atoms with Gasteiger partial charge in [0.25, 0.3) is 0 Å². The first-order valence-electron chi connectivity index (χ1n) is 7.57. The van der Waals surface area contributed by atoms with E-state index >= 15 is 0 Å². The van der Waals surface area contributed by atoms with Crippen LogP contribution in [0, 0.1) is 5.92 Å². The van der Waals surface area contributed by atoms with Crippen LogP contribution >= 0.6 is 0 Å². The van der Waals surface area contributed by atoms with Crippen LogP contribution in [0.2, 0.25) is 0 Å². The normalized spacial score (nSPS) is 29.8. The Bertz CT molecular complexity index is 195. The smallest absolute Gasteiger partial charge is 0.0555 e. The lowest BCUT2D eigenvalue weighted by Crippen LogP contribution is -2.44. The van der Waals surface area contributed by atoms with Gasteiger partial charge in [-0.25, -0.2) is 0 Å². The van der Waals surface area contributed by atoms with Crippen LogP contribution in [0.15, 0.2) is 0 Å². The van der Waals surface area contributed by atoms with Gasteiger partial charge in [0, 0.05) is 6.04 Å². The molecule has 0 aromatic carbocycles. The monoisotopic (exact) mass is 241 g/mol. The maximum Gasteiger partial charge on any atom is 0.0555 e. The van der Waals surface area contributed by atoms with E-state index in [2.05, 4.69) is 25.8 Å². The Morgan fingerprint density at radius 1 is 1.12 bits per heavy atom. The average molecular weight is 241 g/mol. The fourth-order valence-electron chi connectivity index (χ4n) is 3.21. The van der Waals surface area contributed by atoms with E-state index in [1.54, 1.807) is 0 Å². The van der Waals surface area contributed by atoms with Gasteiger partial charge in [-0.2, -0.15) is 0 Å². The van der Waals surface area contributed by atoms with Crippen LogP contribution in [0.3, 0.4) is 0 Å². The van der Waals surface area contributed by atoms with Crippen molar-refractivity contribution in [3.63, 3.8) is 0 Å². The topological polar surface area (TPSA) is 23.5 Å². The van der Waals surface area contributed by atoms with E-state index in [1.807, 2.05) is 0 Å². The van der Waals surface area contributed by atoms with Crippen LogP contribution in [0.5, 0.6) is 0 Å². The van der Waals surface area contributed by atoms with E-state index in [-0.39, 0.29) is 6.10 Å². The molecule has 2 nitrogen and oxygen atoms in total. The van der Waals surface area contributed by atoms with Crippen molar-refractivity contribution >= 4 is 0 Å². The third-order valence-electron chi connectivity index (χ3n) is 4.27. The highest BCUT2D eigenvalue weighted by atomic mass is 16.3. The molecule has 0 aromatic heterocycles. The quantitative estimate of drug-likeness (QED) is 0.690. The van der Waals surface area contributed by atoms with Gasteiger partial charge < -0.3 is 10.0 Å². The van der Waals surface area contributed by atoms with E-state index < -0.39 is 0 Å². The van der Waals surface area contributed by atoms with Crippen LogP contribution in [0.1, 0.15) is 65.2 Å². The van der Waals surface area contributed by atoms with Gasteiger partial charge in [0.15, 0.2) is 0 Å². The lowest BCUT2D eigenvalue weighted by Gasteiger charge is -2.40. The minimum absolute atomic E-state index is 0.0540. The van der Waals surface area contributed by atoms with Gasteiger partial charge >= 0.3 is 0 Å². The summed E-state index contributed by atoms with van der Waals surface area (Å²) in [6.45, 7) is 5.73. The summed E-state index contributed by atoms with van der Waals surface area (Å²) >= 11 is 0. The maximum atomic E-state index is 9.86. The number of nitrogens with zero attached hydrogens (tertiary/aromatic N) is 1. The molecule has 1 aliphatic rings. The summed E-state index contributed by atoms with van der Waals surface area (Å²) in [5.41, 5.74) is 0. The Morgan fingerprint density at radius 2 is 1.88 bits per heavy atom. The predicted molar refractivity (Wildman–Crippen MR) is 74.2 cm³/mol. The van der Waals surface area contributed by atoms with Crippen LogP contribution in [0.4, 0.5) is 0 Å². The number of aliphatic hydroxyl groups excluding tert-OH is 1. The lowest BCUT2D eigenvalue weighted by atomic mass is 9.79. The number of hydrogen-bond donors (Lipinski definition) is 1. The van der Waals surface area contributed by atoms with Crippen molar-refractivity contribution in [2.24, 2.45) is 5.92 Å². The summed E-state index contributed by atoms with van der Waals surface area (Å²) in [7, 11) is 2.25. The van der Waals surface area contributed by atoms with Crippen molar-refractivity contribution in [2.45, 2.75) is 77.4 Å². The minimum Gasteiger partial charge on any atom is -0.393 e. The second-order valence-corrected chi connectivity index (χ2v) is 5.77. The molecule has 102 valence electrons. The molecule has 0 heterocycles. The molecular weight excluding hydrogens is 210 g/mol. The summed E-state index contributed by atoms with van der Waals surface area (Å²) < 4.78 is 0. The maximum absolute atomic E-state index is 9.86. The van der Waals surface area contributed by atoms with Gasteiger partial charge in [-0.3, -0.25) is 0 Å². The number of unbranched alkanes of at least 4 members (excludes halogenated alkanes) is 2. The van der Waals surface area contributed by atoms with Crippen molar-refractivity contribution < 1.29 is 5.11 Å². The first kappa shape index (κ1) is 15.0. The summed E-state index contributed by atoms with van der Waals surface area (Å²) in [4.78, 5) is 2.51. The Kier molecular flexibility index (Phi) is 7.14. The third-order valence-corrected chi connectivity index (χ3v) is 4.27. The Balaban J connectivity index is 2.43. The third kappa shape index (κ3) is 4.97. The molecule has 0 radical (unpaired) electrons. The zero-order valence-corrected chi connectivity index (χ0v) is 12.0. The average Bonchev–Trinajstić information content (AvgIpc) is 2.32. The number of rotatable bonds is 7. The van der Waals surface area contributed by atoms with Crippen LogP contribution in [-0.2, 0) is 0 Å². The van der Waals surface area contributed by atoms with Crippen LogP contribution in [-0.4, -0.2) is 35.7 Å². The van der Waals surface area contributed by atoms with Crippen molar-refractivity contribution in [3.8, 4) is 0 Å². The van der Waals surface area contributed by atoms with Gasteiger partial charge in [0.1, 0.15) is 0 Å². The van der Waals surface area contributed by atoms with E-state index in [0.29, 0.717) is 6.04 Å². The first-order chi connectivity index (χ1) is 8.19. The molecule has 1 aliphatic carbocycles. The van der Waals surface area contributed by atoms with Gasteiger partial charge in [0.2, 0.25) is 0 Å². The van der Waals surface area contributed by atoms with E-state index in [0.717, 1.165) is 18.8 Å². The van der Waals surface area contributed by atoms with E-state index in [4.69, 9.17) is 0 Å². The highest BCUT2D eigenvalue weighted by Gasteiger charge is 2.31. The molecule has 1 rings (SSSR count). The number of hydrogen-bond acceptors (Lipinski definition) is 2. The molecule has 0 spiro atoms. The molecule has 3 atom stereocenters. The van der Waals surface area contributed by atoms with E-state index in [9.17, 15) is 5.11 Å². The summed E-state index contributed by atoms with van der Waals surface area (Å²) in [5, 5.41) is 9.86. The molecule has 2 heteroatoms. The second-order valence-electron chi connectivity index (χ2n) is 5.77. The fourth-order valence-corrected chi connectivity index (χ4v) is 3.21.